The average Bonchev–Trinajstić information content (AvgIpc) is 3.14. The van der Waals surface area contributed by atoms with Gasteiger partial charge in [0, 0.05) is 11.5 Å². The Morgan fingerprint density at radius 1 is 0.812 bits per heavy atom. The van der Waals surface area contributed by atoms with E-state index in [-0.39, 0.29) is 29.9 Å². The number of carbonyl (C=O) groups excluding carboxylic acids is 2. The summed E-state index contributed by atoms with van der Waals surface area (Å²) in [4.78, 5) is 25.4. The second kappa shape index (κ2) is 7.27. The van der Waals surface area contributed by atoms with Gasteiger partial charge in [-0.3, -0.25) is 9.59 Å². The summed E-state index contributed by atoms with van der Waals surface area (Å²) in [6.45, 7) is 0.978. The Labute approximate surface area is 184 Å². The quantitative estimate of drug-likeness (QED) is 0.341. The van der Waals surface area contributed by atoms with Gasteiger partial charge >= 0.3 is 5.97 Å². The molecule has 0 fully saturated rings. The van der Waals surface area contributed by atoms with Crippen LogP contribution in [0, 0.1) is 0 Å². The highest BCUT2D eigenvalue weighted by Gasteiger charge is 2.38. The summed E-state index contributed by atoms with van der Waals surface area (Å²) in [6, 6.07) is 18.5. The van der Waals surface area contributed by atoms with Gasteiger partial charge in [0.25, 0.3) is 0 Å². The number of carbonyl (C=O) groups is 2. The van der Waals surface area contributed by atoms with E-state index in [1.807, 2.05) is 48.5 Å². The van der Waals surface area contributed by atoms with Crippen molar-refractivity contribution in [3.05, 3.63) is 88.7 Å². The number of fused-ring (bicyclic) bond motifs is 4. The lowest BCUT2D eigenvalue weighted by molar-refractivity contribution is -0.135. The van der Waals surface area contributed by atoms with Crippen LogP contribution in [0.1, 0.15) is 39.4 Å². The van der Waals surface area contributed by atoms with E-state index < -0.39 is 0 Å². The minimum Gasteiger partial charge on any atom is -0.486 e. The number of hydrogen-bond donors (Lipinski definition) is 0. The maximum absolute atomic E-state index is 13.0. The average molecular weight is 426 g/mol. The molecule has 0 spiro atoms. The number of ether oxygens (including phenoxy) is 4. The summed E-state index contributed by atoms with van der Waals surface area (Å²) in [5, 5.41) is 0. The molecule has 3 aliphatic heterocycles. The zero-order chi connectivity index (χ0) is 21.7. The SMILES string of the molecule is O=C1C[C@H](c2ccc3c(c2)OCCO3)c2c(ccc3c2O/C(=C\c2ccccc2)C3=O)O1. The standard InChI is InChI=1S/C26H18O6/c27-23-14-18(16-6-8-19-21(13-16)30-11-10-29-19)24-20(31-23)9-7-17-25(28)22(32-26(17)24)12-15-4-2-1-3-5-15/h1-9,12-13,18H,10-11,14H2/b22-12-/t18-/m1/s1. The number of Topliss-reactive ketones (excluding diaryl/α,β-unsaturated/α-hetero) is 1. The van der Waals surface area contributed by atoms with Crippen molar-refractivity contribution < 1.29 is 28.5 Å². The van der Waals surface area contributed by atoms with Gasteiger partial charge in [-0.25, -0.2) is 0 Å². The van der Waals surface area contributed by atoms with Crippen LogP contribution in [-0.4, -0.2) is 25.0 Å². The van der Waals surface area contributed by atoms with Crippen molar-refractivity contribution >= 4 is 17.8 Å². The molecule has 158 valence electrons. The van der Waals surface area contributed by atoms with Crippen molar-refractivity contribution in [2.24, 2.45) is 0 Å². The third-order valence-corrected chi connectivity index (χ3v) is 5.85. The minimum absolute atomic E-state index is 0.137. The first-order valence-electron chi connectivity index (χ1n) is 10.4. The van der Waals surface area contributed by atoms with Crippen LogP contribution in [-0.2, 0) is 4.79 Å². The molecular weight excluding hydrogens is 408 g/mol. The van der Waals surface area contributed by atoms with Gasteiger partial charge in [-0.1, -0.05) is 36.4 Å². The van der Waals surface area contributed by atoms with Crippen molar-refractivity contribution in [1.29, 1.82) is 0 Å². The van der Waals surface area contributed by atoms with E-state index in [9.17, 15) is 9.59 Å². The van der Waals surface area contributed by atoms with Gasteiger partial charge < -0.3 is 18.9 Å². The smallest absolute Gasteiger partial charge is 0.312 e. The molecule has 6 nitrogen and oxygen atoms in total. The summed E-state index contributed by atoms with van der Waals surface area (Å²) in [7, 11) is 0. The van der Waals surface area contributed by atoms with Crippen molar-refractivity contribution in [3.8, 4) is 23.0 Å². The summed E-state index contributed by atoms with van der Waals surface area (Å²) < 4.78 is 22.9. The van der Waals surface area contributed by atoms with Crippen LogP contribution >= 0.6 is 0 Å². The Morgan fingerprint density at radius 3 is 2.44 bits per heavy atom. The Bertz CT molecular complexity index is 1290. The third kappa shape index (κ3) is 3.03. The molecular formula is C26H18O6. The molecule has 1 atom stereocenters. The van der Waals surface area contributed by atoms with Gasteiger partial charge in [-0.2, -0.15) is 0 Å². The lowest BCUT2D eigenvalue weighted by Crippen LogP contribution is -2.22. The van der Waals surface area contributed by atoms with Crippen LogP contribution in [0.4, 0.5) is 0 Å². The zero-order valence-corrected chi connectivity index (χ0v) is 17.0. The summed E-state index contributed by atoms with van der Waals surface area (Å²) in [5.41, 5.74) is 2.90. The molecule has 0 N–H and O–H groups in total. The fraction of sp³-hybridized carbons (Fsp3) is 0.154. The van der Waals surface area contributed by atoms with Gasteiger partial charge in [0.15, 0.2) is 17.3 Å². The Kier molecular flexibility index (Phi) is 4.24. The topological polar surface area (TPSA) is 71.1 Å². The van der Waals surface area contributed by atoms with E-state index >= 15 is 0 Å². The van der Waals surface area contributed by atoms with E-state index in [1.54, 1.807) is 18.2 Å². The van der Waals surface area contributed by atoms with Crippen molar-refractivity contribution in [3.63, 3.8) is 0 Å². The molecule has 3 aromatic rings. The van der Waals surface area contributed by atoms with Gasteiger partial charge in [0.2, 0.25) is 5.78 Å². The Balaban J connectivity index is 1.45. The van der Waals surface area contributed by atoms with E-state index in [0.29, 0.717) is 47.3 Å². The van der Waals surface area contributed by atoms with Crippen LogP contribution in [0.5, 0.6) is 23.0 Å². The van der Waals surface area contributed by atoms with Crippen LogP contribution in [0.3, 0.4) is 0 Å². The molecule has 0 aliphatic carbocycles. The van der Waals surface area contributed by atoms with Gasteiger partial charge in [0.1, 0.15) is 24.7 Å². The predicted molar refractivity (Wildman–Crippen MR) is 115 cm³/mol. The summed E-state index contributed by atoms with van der Waals surface area (Å²) in [5.74, 6) is 1.57. The van der Waals surface area contributed by atoms with Crippen LogP contribution < -0.4 is 18.9 Å². The number of hydrogen-bond acceptors (Lipinski definition) is 6. The van der Waals surface area contributed by atoms with E-state index in [1.165, 1.54) is 0 Å². The Hall–Kier alpha value is -4.06. The second-order valence-corrected chi connectivity index (χ2v) is 7.84. The largest absolute Gasteiger partial charge is 0.486 e. The molecule has 6 heteroatoms. The third-order valence-electron chi connectivity index (χ3n) is 5.85. The molecule has 3 aliphatic rings. The first kappa shape index (κ1) is 18.7. The monoisotopic (exact) mass is 426 g/mol. The van der Waals surface area contributed by atoms with E-state index in [0.717, 1.165) is 11.1 Å². The molecule has 3 aromatic carbocycles. The maximum Gasteiger partial charge on any atom is 0.312 e. The molecule has 0 aromatic heterocycles. The number of ketones is 1. The molecule has 0 radical (unpaired) electrons. The molecule has 3 heterocycles. The first-order chi connectivity index (χ1) is 15.7. The first-order valence-corrected chi connectivity index (χ1v) is 10.4. The number of esters is 1. The molecule has 0 saturated heterocycles. The van der Waals surface area contributed by atoms with Gasteiger partial charge in [-0.15, -0.1) is 0 Å². The van der Waals surface area contributed by atoms with Crippen LogP contribution in [0.2, 0.25) is 0 Å². The van der Waals surface area contributed by atoms with Gasteiger partial charge in [0.05, 0.1) is 12.0 Å². The summed E-state index contributed by atoms with van der Waals surface area (Å²) >= 11 is 0. The van der Waals surface area contributed by atoms with Gasteiger partial charge in [-0.05, 0) is 41.5 Å². The fourth-order valence-corrected chi connectivity index (χ4v) is 4.37. The molecule has 6 rings (SSSR count). The molecule has 0 amide bonds. The lowest BCUT2D eigenvalue weighted by atomic mass is 9.84. The number of allylic oxidation sites excluding steroid dienone is 1. The molecule has 0 saturated carbocycles. The van der Waals surface area contributed by atoms with Crippen molar-refractivity contribution in [2.75, 3.05) is 13.2 Å². The highest BCUT2D eigenvalue weighted by atomic mass is 16.6. The highest BCUT2D eigenvalue weighted by molar-refractivity contribution is 6.15. The van der Waals surface area contributed by atoms with Crippen molar-refractivity contribution in [2.45, 2.75) is 12.3 Å². The zero-order valence-electron chi connectivity index (χ0n) is 17.0. The predicted octanol–water partition coefficient (Wildman–Crippen LogP) is 4.52. The van der Waals surface area contributed by atoms with Crippen LogP contribution in [0.25, 0.3) is 6.08 Å². The molecule has 32 heavy (non-hydrogen) atoms. The molecule has 0 bridgehead atoms. The van der Waals surface area contributed by atoms with E-state index in [2.05, 4.69) is 0 Å². The fourth-order valence-electron chi connectivity index (χ4n) is 4.37. The maximum atomic E-state index is 13.0. The summed E-state index contributed by atoms with van der Waals surface area (Å²) in [6.07, 6.45) is 1.86. The number of rotatable bonds is 2. The minimum atomic E-state index is -0.332. The Morgan fingerprint density at radius 2 is 1.59 bits per heavy atom. The normalized spacial score (nSPS) is 19.8. The lowest BCUT2D eigenvalue weighted by Gasteiger charge is -2.27. The van der Waals surface area contributed by atoms with E-state index in [4.69, 9.17) is 18.9 Å². The number of benzene rings is 3. The second-order valence-electron chi connectivity index (χ2n) is 7.84. The highest BCUT2D eigenvalue weighted by Crippen LogP contribution is 2.49. The van der Waals surface area contributed by atoms with Crippen molar-refractivity contribution in [1.82, 2.24) is 0 Å². The van der Waals surface area contributed by atoms with Crippen LogP contribution in [0.15, 0.2) is 66.4 Å². The molecule has 0 unspecified atom stereocenters.